The van der Waals surface area contributed by atoms with Crippen molar-refractivity contribution in [3.05, 3.63) is 16.5 Å². The number of hydrogen-bond acceptors (Lipinski definition) is 5. The highest BCUT2D eigenvalue weighted by Crippen LogP contribution is 2.46. The third-order valence-electron chi connectivity index (χ3n) is 3.80. The van der Waals surface area contributed by atoms with Gasteiger partial charge in [0.1, 0.15) is 5.00 Å². The SMILES string of the molecule is CCOC(=O)c1c(C2CC2)csc1NC(=O)C(C)(N)CC. The van der Waals surface area contributed by atoms with E-state index in [1.54, 1.807) is 13.8 Å². The first-order valence-corrected chi connectivity index (χ1v) is 8.17. The molecule has 1 aliphatic rings. The number of rotatable bonds is 6. The number of nitrogens with one attached hydrogen (secondary N) is 1. The molecule has 1 aromatic rings. The summed E-state index contributed by atoms with van der Waals surface area (Å²) in [5.74, 6) is -0.229. The summed E-state index contributed by atoms with van der Waals surface area (Å²) in [4.78, 5) is 24.4. The van der Waals surface area contributed by atoms with Crippen molar-refractivity contribution in [2.45, 2.75) is 51.5 Å². The molecule has 21 heavy (non-hydrogen) atoms. The molecule has 1 unspecified atom stereocenters. The van der Waals surface area contributed by atoms with Gasteiger partial charge in [0, 0.05) is 0 Å². The predicted octanol–water partition coefficient (Wildman–Crippen LogP) is 2.87. The molecule has 1 saturated carbocycles. The Bertz CT molecular complexity index is 547. The maximum Gasteiger partial charge on any atom is 0.341 e. The number of amides is 1. The number of carbonyl (C=O) groups excluding carboxylic acids is 2. The molecule has 0 saturated heterocycles. The van der Waals surface area contributed by atoms with Gasteiger partial charge in [0.15, 0.2) is 0 Å². The third-order valence-corrected chi connectivity index (χ3v) is 4.71. The maximum atomic E-state index is 12.2. The molecule has 1 atom stereocenters. The van der Waals surface area contributed by atoms with Crippen LogP contribution in [-0.2, 0) is 9.53 Å². The highest BCUT2D eigenvalue weighted by Gasteiger charge is 2.34. The van der Waals surface area contributed by atoms with Gasteiger partial charge in [-0.2, -0.15) is 0 Å². The van der Waals surface area contributed by atoms with Gasteiger partial charge in [-0.3, -0.25) is 4.79 Å². The van der Waals surface area contributed by atoms with E-state index in [1.165, 1.54) is 11.3 Å². The lowest BCUT2D eigenvalue weighted by atomic mass is 9.99. The van der Waals surface area contributed by atoms with Crippen molar-refractivity contribution in [1.29, 1.82) is 0 Å². The molecule has 2 rings (SSSR count). The summed E-state index contributed by atoms with van der Waals surface area (Å²) >= 11 is 1.37. The Hall–Kier alpha value is -1.40. The maximum absolute atomic E-state index is 12.2. The Kier molecular flexibility index (Phi) is 4.68. The van der Waals surface area contributed by atoms with E-state index in [0.29, 0.717) is 29.5 Å². The molecule has 1 aromatic heterocycles. The Morgan fingerprint density at radius 2 is 2.14 bits per heavy atom. The normalized spacial score (nSPS) is 17.1. The van der Waals surface area contributed by atoms with Crippen molar-refractivity contribution in [2.24, 2.45) is 5.73 Å². The Balaban J connectivity index is 2.27. The molecule has 1 amide bonds. The molecule has 1 aliphatic carbocycles. The van der Waals surface area contributed by atoms with Crippen LogP contribution in [0.4, 0.5) is 5.00 Å². The van der Waals surface area contributed by atoms with Crippen LogP contribution in [0.15, 0.2) is 5.38 Å². The second-order valence-corrected chi connectivity index (χ2v) is 6.49. The molecule has 0 radical (unpaired) electrons. The number of esters is 1. The van der Waals surface area contributed by atoms with Crippen molar-refractivity contribution in [3.63, 3.8) is 0 Å². The summed E-state index contributed by atoms with van der Waals surface area (Å²) in [6.45, 7) is 5.63. The fourth-order valence-electron chi connectivity index (χ4n) is 1.98. The van der Waals surface area contributed by atoms with Gasteiger partial charge >= 0.3 is 5.97 Å². The second kappa shape index (κ2) is 6.15. The number of nitrogens with two attached hydrogens (primary N) is 1. The van der Waals surface area contributed by atoms with Gasteiger partial charge in [0.25, 0.3) is 0 Å². The minimum atomic E-state index is -0.949. The number of carbonyl (C=O) groups is 2. The van der Waals surface area contributed by atoms with Crippen LogP contribution < -0.4 is 11.1 Å². The number of anilines is 1. The summed E-state index contributed by atoms with van der Waals surface area (Å²) in [7, 11) is 0. The van der Waals surface area contributed by atoms with Gasteiger partial charge in [-0.25, -0.2) is 4.79 Å². The molecule has 5 nitrogen and oxygen atoms in total. The summed E-state index contributed by atoms with van der Waals surface area (Å²) < 4.78 is 5.12. The van der Waals surface area contributed by atoms with Crippen molar-refractivity contribution >= 4 is 28.2 Å². The molecule has 1 fully saturated rings. The topological polar surface area (TPSA) is 81.4 Å². The number of thiophene rings is 1. The van der Waals surface area contributed by atoms with Gasteiger partial charge in [-0.1, -0.05) is 6.92 Å². The van der Waals surface area contributed by atoms with Gasteiger partial charge in [-0.15, -0.1) is 11.3 Å². The van der Waals surface area contributed by atoms with Gasteiger partial charge in [0.05, 0.1) is 17.7 Å². The first-order valence-electron chi connectivity index (χ1n) is 7.29. The van der Waals surface area contributed by atoms with Gasteiger partial charge in [0.2, 0.25) is 5.91 Å². The summed E-state index contributed by atoms with van der Waals surface area (Å²) in [6, 6.07) is 0. The zero-order chi connectivity index (χ0) is 15.6. The number of hydrogen-bond donors (Lipinski definition) is 2. The van der Waals surface area contributed by atoms with E-state index in [1.807, 2.05) is 12.3 Å². The minimum Gasteiger partial charge on any atom is -0.462 e. The lowest BCUT2D eigenvalue weighted by Crippen LogP contribution is -2.47. The first-order chi connectivity index (χ1) is 9.90. The molecular weight excluding hydrogens is 288 g/mol. The van der Waals surface area contributed by atoms with E-state index in [2.05, 4.69) is 5.32 Å². The molecule has 0 aliphatic heterocycles. The highest BCUT2D eigenvalue weighted by molar-refractivity contribution is 7.15. The fourth-order valence-corrected chi connectivity index (χ4v) is 3.00. The molecule has 0 aromatic carbocycles. The van der Waals surface area contributed by atoms with E-state index < -0.39 is 5.54 Å². The van der Waals surface area contributed by atoms with Crippen LogP contribution in [0.3, 0.4) is 0 Å². The molecule has 6 heteroatoms. The predicted molar refractivity (Wildman–Crippen MR) is 83.8 cm³/mol. The van der Waals surface area contributed by atoms with E-state index in [4.69, 9.17) is 10.5 Å². The Morgan fingerprint density at radius 1 is 1.48 bits per heavy atom. The lowest BCUT2D eigenvalue weighted by molar-refractivity contribution is -0.120. The molecule has 0 spiro atoms. The third kappa shape index (κ3) is 3.44. The minimum absolute atomic E-state index is 0.278. The number of ether oxygens (including phenoxy) is 1. The molecule has 116 valence electrons. The van der Waals surface area contributed by atoms with Crippen molar-refractivity contribution < 1.29 is 14.3 Å². The Morgan fingerprint density at radius 3 is 2.67 bits per heavy atom. The first kappa shape index (κ1) is 16.0. The van der Waals surface area contributed by atoms with Crippen LogP contribution in [-0.4, -0.2) is 24.0 Å². The van der Waals surface area contributed by atoms with E-state index in [-0.39, 0.29) is 11.9 Å². The zero-order valence-corrected chi connectivity index (χ0v) is 13.5. The summed E-state index contributed by atoms with van der Waals surface area (Å²) in [5, 5.41) is 5.29. The molecule has 3 N–H and O–H groups in total. The van der Waals surface area contributed by atoms with E-state index in [9.17, 15) is 9.59 Å². The smallest absolute Gasteiger partial charge is 0.341 e. The van der Waals surface area contributed by atoms with Crippen molar-refractivity contribution in [2.75, 3.05) is 11.9 Å². The molecular formula is C15H22N2O3S. The van der Waals surface area contributed by atoms with Crippen molar-refractivity contribution in [1.82, 2.24) is 0 Å². The van der Waals surface area contributed by atoms with Crippen LogP contribution in [0, 0.1) is 0 Å². The molecule has 1 heterocycles. The van der Waals surface area contributed by atoms with E-state index >= 15 is 0 Å². The standard InChI is InChI=1S/C15H22N2O3S/c1-4-15(3,16)14(19)17-12-11(13(18)20-5-2)10(8-21-12)9-6-7-9/h8-9H,4-7,16H2,1-3H3,(H,17,19). The van der Waals surface area contributed by atoms with Crippen LogP contribution in [0.5, 0.6) is 0 Å². The Labute approximate surface area is 128 Å². The molecule has 0 bridgehead atoms. The monoisotopic (exact) mass is 310 g/mol. The van der Waals surface area contributed by atoms with Crippen LogP contribution >= 0.6 is 11.3 Å². The highest BCUT2D eigenvalue weighted by atomic mass is 32.1. The van der Waals surface area contributed by atoms with Crippen LogP contribution in [0.25, 0.3) is 0 Å². The van der Waals surface area contributed by atoms with Crippen molar-refractivity contribution in [3.8, 4) is 0 Å². The van der Waals surface area contributed by atoms with Crippen LogP contribution in [0.1, 0.15) is 61.9 Å². The van der Waals surface area contributed by atoms with E-state index in [0.717, 1.165) is 18.4 Å². The average molecular weight is 310 g/mol. The summed E-state index contributed by atoms with van der Waals surface area (Å²) in [6.07, 6.45) is 2.69. The largest absolute Gasteiger partial charge is 0.462 e. The quantitative estimate of drug-likeness (QED) is 0.792. The summed E-state index contributed by atoms with van der Waals surface area (Å²) in [5.41, 5.74) is 6.49. The average Bonchev–Trinajstić information content (AvgIpc) is 3.20. The zero-order valence-electron chi connectivity index (χ0n) is 12.7. The fraction of sp³-hybridized carbons (Fsp3) is 0.600. The second-order valence-electron chi connectivity index (χ2n) is 5.62. The lowest BCUT2D eigenvalue weighted by Gasteiger charge is -2.21. The van der Waals surface area contributed by atoms with Crippen LogP contribution in [0.2, 0.25) is 0 Å². The van der Waals surface area contributed by atoms with Gasteiger partial charge < -0.3 is 15.8 Å². The van der Waals surface area contributed by atoms with Gasteiger partial charge in [-0.05, 0) is 50.0 Å².